The quantitative estimate of drug-likeness (QED) is 0.865. The van der Waals surface area contributed by atoms with Gasteiger partial charge < -0.3 is 10.2 Å². The van der Waals surface area contributed by atoms with Crippen LogP contribution in [0.2, 0.25) is 0 Å². The van der Waals surface area contributed by atoms with Crippen molar-refractivity contribution < 1.29 is 0 Å². The molecule has 1 aliphatic rings. The SMILES string of the molecule is Cc1ccc(N2CCCC2CNCC(C)C)nn1. The largest absolute Gasteiger partial charge is 0.351 e. The van der Waals surface area contributed by atoms with Gasteiger partial charge in [-0.25, -0.2) is 0 Å². The van der Waals surface area contributed by atoms with Crippen molar-refractivity contribution in [2.45, 2.75) is 39.7 Å². The molecule has 1 unspecified atom stereocenters. The normalized spacial score (nSPS) is 19.8. The van der Waals surface area contributed by atoms with E-state index in [4.69, 9.17) is 0 Å². The molecule has 0 aromatic carbocycles. The summed E-state index contributed by atoms with van der Waals surface area (Å²) in [5.74, 6) is 1.73. The van der Waals surface area contributed by atoms with Gasteiger partial charge in [-0.3, -0.25) is 0 Å². The summed E-state index contributed by atoms with van der Waals surface area (Å²) in [7, 11) is 0. The molecule has 0 spiro atoms. The van der Waals surface area contributed by atoms with Gasteiger partial charge in [-0.05, 0) is 44.4 Å². The molecule has 1 N–H and O–H groups in total. The zero-order valence-corrected chi connectivity index (χ0v) is 11.7. The molecule has 1 atom stereocenters. The molecule has 1 aliphatic heterocycles. The van der Waals surface area contributed by atoms with Crippen LogP contribution in [0.1, 0.15) is 32.4 Å². The number of aromatic nitrogens is 2. The second-order valence-electron chi connectivity index (χ2n) is 5.57. The van der Waals surface area contributed by atoms with Gasteiger partial charge in [0.15, 0.2) is 5.82 Å². The van der Waals surface area contributed by atoms with Crippen molar-refractivity contribution in [2.75, 3.05) is 24.5 Å². The Hall–Kier alpha value is -1.16. The number of nitrogens with zero attached hydrogens (tertiary/aromatic N) is 3. The maximum absolute atomic E-state index is 4.30. The molecule has 1 aromatic heterocycles. The third kappa shape index (κ3) is 3.42. The first-order valence-electron chi connectivity index (χ1n) is 6.94. The summed E-state index contributed by atoms with van der Waals surface area (Å²) in [4.78, 5) is 2.39. The highest BCUT2D eigenvalue weighted by atomic mass is 15.3. The maximum Gasteiger partial charge on any atom is 0.151 e. The van der Waals surface area contributed by atoms with Crippen LogP contribution >= 0.6 is 0 Å². The number of aryl methyl sites for hydroxylation is 1. The van der Waals surface area contributed by atoms with Crippen molar-refractivity contribution in [3.63, 3.8) is 0 Å². The summed E-state index contributed by atoms with van der Waals surface area (Å²) in [5, 5.41) is 12.0. The predicted molar refractivity (Wildman–Crippen MR) is 74.8 cm³/mol. The van der Waals surface area contributed by atoms with Gasteiger partial charge in [-0.2, -0.15) is 5.10 Å². The van der Waals surface area contributed by atoms with E-state index >= 15 is 0 Å². The van der Waals surface area contributed by atoms with Crippen LogP contribution in [0.25, 0.3) is 0 Å². The van der Waals surface area contributed by atoms with E-state index in [0.29, 0.717) is 12.0 Å². The Labute approximate surface area is 110 Å². The van der Waals surface area contributed by atoms with Crippen molar-refractivity contribution >= 4 is 5.82 Å². The molecular formula is C14H24N4. The monoisotopic (exact) mass is 248 g/mol. The fourth-order valence-electron chi connectivity index (χ4n) is 2.43. The van der Waals surface area contributed by atoms with E-state index in [9.17, 15) is 0 Å². The molecule has 4 nitrogen and oxygen atoms in total. The lowest BCUT2D eigenvalue weighted by molar-refractivity contribution is 0.510. The van der Waals surface area contributed by atoms with Crippen molar-refractivity contribution in [3.05, 3.63) is 17.8 Å². The minimum Gasteiger partial charge on any atom is -0.351 e. The topological polar surface area (TPSA) is 41.0 Å². The van der Waals surface area contributed by atoms with Crippen LogP contribution in [0.5, 0.6) is 0 Å². The Balaban J connectivity index is 1.92. The molecule has 0 aliphatic carbocycles. The molecule has 1 fully saturated rings. The van der Waals surface area contributed by atoms with E-state index in [2.05, 4.69) is 40.3 Å². The van der Waals surface area contributed by atoms with E-state index in [1.54, 1.807) is 0 Å². The minimum absolute atomic E-state index is 0.570. The number of hydrogen-bond donors (Lipinski definition) is 1. The van der Waals surface area contributed by atoms with Crippen molar-refractivity contribution in [1.29, 1.82) is 0 Å². The molecule has 0 amide bonds. The van der Waals surface area contributed by atoms with E-state index in [1.165, 1.54) is 12.8 Å². The van der Waals surface area contributed by atoms with Crippen LogP contribution in [-0.4, -0.2) is 35.9 Å². The number of rotatable bonds is 5. The second-order valence-corrected chi connectivity index (χ2v) is 5.57. The van der Waals surface area contributed by atoms with Gasteiger partial charge in [0.1, 0.15) is 0 Å². The van der Waals surface area contributed by atoms with Crippen LogP contribution < -0.4 is 10.2 Å². The minimum atomic E-state index is 0.570. The summed E-state index contributed by atoms with van der Waals surface area (Å²) < 4.78 is 0. The zero-order valence-electron chi connectivity index (χ0n) is 11.7. The van der Waals surface area contributed by atoms with Crippen LogP contribution in [0.15, 0.2) is 12.1 Å². The lowest BCUT2D eigenvalue weighted by Crippen LogP contribution is -2.39. The number of anilines is 1. The van der Waals surface area contributed by atoms with Gasteiger partial charge in [0.05, 0.1) is 5.69 Å². The molecule has 2 rings (SSSR count). The Morgan fingerprint density at radius 1 is 1.39 bits per heavy atom. The summed E-state index contributed by atoms with van der Waals surface area (Å²) in [6.45, 7) is 9.70. The third-order valence-corrected chi connectivity index (χ3v) is 3.39. The molecule has 1 saturated heterocycles. The van der Waals surface area contributed by atoms with Gasteiger partial charge in [0.2, 0.25) is 0 Å². The summed E-state index contributed by atoms with van der Waals surface area (Å²) >= 11 is 0. The Morgan fingerprint density at radius 2 is 2.22 bits per heavy atom. The van der Waals surface area contributed by atoms with Crippen LogP contribution in [0, 0.1) is 12.8 Å². The molecule has 18 heavy (non-hydrogen) atoms. The molecule has 0 bridgehead atoms. The first-order valence-corrected chi connectivity index (χ1v) is 6.94. The first kappa shape index (κ1) is 13.3. The smallest absolute Gasteiger partial charge is 0.151 e. The first-order chi connectivity index (χ1) is 8.66. The van der Waals surface area contributed by atoms with Crippen LogP contribution in [-0.2, 0) is 0 Å². The molecule has 1 aromatic rings. The van der Waals surface area contributed by atoms with Gasteiger partial charge >= 0.3 is 0 Å². The Morgan fingerprint density at radius 3 is 2.89 bits per heavy atom. The van der Waals surface area contributed by atoms with Gasteiger partial charge in [0.25, 0.3) is 0 Å². The highest BCUT2D eigenvalue weighted by Gasteiger charge is 2.25. The van der Waals surface area contributed by atoms with Crippen LogP contribution in [0.4, 0.5) is 5.82 Å². The lowest BCUT2D eigenvalue weighted by Gasteiger charge is -2.25. The predicted octanol–water partition coefficient (Wildman–Crippen LogP) is 2.00. The maximum atomic E-state index is 4.30. The second kappa shape index (κ2) is 6.14. The van der Waals surface area contributed by atoms with E-state index < -0.39 is 0 Å². The fraction of sp³-hybridized carbons (Fsp3) is 0.714. The highest BCUT2D eigenvalue weighted by molar-refractivity contribution is 5.40. The fourth-order valence-corrected chi connectivity index (χ4v) is 2.43. The Kier molecular flexibility index (Phi) is 4.53. The average molecular weight is 248 g/mol. The van der Waals surface area contributed by atoms with Gasteiger partial charge in [0, 0.05) is 19.1 Å². The standard InChI is InChI=1S/C14H24N4/c1-11(2)9-15-10-13-5-4-8-18(13)14-7-6-12(3)16-17-14/h6-7,11,13,15H,4-5,8-10H2,1-3H3. The van der Waals surface area contributed by atoms with E-state index in [-0.39, 0.29) is 0 Å². The van der Waals surface area contributed by atoms with Crippen molar-refractivity contribution in [1.82, 2.24) is 15.5 Å². The third-order valence-electron chi connectivity index (χ3n) is 3.39. The van der Waals surface area contributed by atoms with E-state index in [1.807, 2.05) is 13.0 Å². The molecule has 4 heteroatoms. The number of hydrogen-bond acceptors (Lipinski definition) is 4. The molecule has 0 saturated carbocycles. The molecule has 100 valence electrons. The molecular weight excluding hydrogens is 224 g/mol. The van der Waals surface area contributed by atoms with Gasteiger partial charge in [-0.1, -0.05) is 13.8 Å². The number of nitrogens with one attached hydrogen (secondary N) is 1. The van der Waals surface area contributed by atoms with Crippen molar-refractivity contribution in [3.8, 4) is 0 Å². The van der Waals surface area contributed by atoms with E-state index in [0.717, 1.165) is 31.1 Å². The average Bonchev–Trinajstić information content (AvgIpc) is 2.78. The van der Waals surface area contributed by atoms with Crippen molar-refractivity contribution in [2.24, 2.45) is 5.92 Å². The summed E-state index contributed by atoms with van der Waals surface area (Å²) in [6.07, 6.45) is 2.50. The summed E-state index contributed by atoms with van der Waals surface area (Å²) in [6, 6.07) is 4.70. The molecule has 2 heterocycles. The summed E-state index contributed by atoms with van der Waals surface area (Å²) in [5.41, 5.74) is 0.979. The highest BCUT2D eigenvalue weighted by Crippen LogP contribution is 2.22. The van der Waals surface area contributed by atoms with Crippen LogP contribution in [0.3, 0.4) is 0 Å². The molecule has 0 radical (unpaired) electrons. The lowest BCUT2D eigenvalue weighted by atomic mass is 10.2. The zero-order chi connectivity index (χ0) is 13.0. The van der Waals surface area contributed by atoms with Gasteiger partial charge in [-0.15, -0.1) is 5.10 Å². The Bertz CT molecular complexity index is 361.